The van der Waals surface area contributed by atoms with Crippen LogP contribution in [0.1, 0.15) is 34.2 Å². The molecule has 0 aliphatic heterocycles. The quantitative estimate of drug-likeness (QED) is 0.707. The van der Waals surface area contributed by atoms with Gasteiger partial charge in [-0.05, 0) is 32.0 Å². The van der Waals surface area contributed by atoms with Crippen LogP contribution in [0.5, 0.6) is 0 Å². The van der Waals surface area contributed by atoms with Gasteiger partial charge in [-0.15, -0.1) is 0 Å². The van der Waals surface area contributed by atoms with Crippen LogP contribution >= 0.6 is 0 Å². The zero-order valence-electron chi connectivity index (χ0n) is 15.8. The molecule has 1 unspecified atom stereocenters. The lowest BCUT2D eigenvalue weighted by atomic mass is 10.0. The fourth-order valence-corrected chi connectivity index (χ4v) is 3.32. The number of hydrogen-bond donors (Lipinski definition) is 1. The number of rotatable bonds is 7. The number of hydrogen-bond acceptors (Lipinski definition) is 3. The highest BCUT2D eigenvalue weighted by atomic mass is 16.3. The third-order valence-electron chi connectivity index (χ3n) is 4.52. The van der Waals surface area contributed by atoms with Crippen molar-refractivity contribution in [1.29, 1.82) is 0 Å². The van der Waals surface area contributed by atoms with Crippen LogP contribution in [0.15, 0.2) is 60.9 Å². The van der Waals surface area contributed by atoms with Crippen LogP contribution in [0.3, 0.4) is 0 Å². The van der Waals surface area contributed by atoms with Crippen LogP contribution in [0.2, 0.25) is 0 Å². The first kappa shape index (κ1) is 18.4. The summed E-state index contributed by atoms with van der Waals surface area (Å²) in [5.74, 6) is 1.00. The zero-order chi connectivity index (χ0) is 18.5. The van der Waals surface area contributed by atoms with Crippen LogP contribution in [0.4, 0.5) is 0 Å². The molecule has 1 heterocycles. The molecule has 0 saturated carbocycles. The summed E-state index contributed by atoms with van der Waals surface area (Å²) in [6, 6.07) is 16.6. The van der Waals surface area contributed by atoms with E-state index < -0.39 is 6.10 Å². The molecular weight excluding hydrogens is 322 g/mol. The Bertz CT molecular complexity index is 821. The maximum absolute atomic E-state index is 10.6. The van der Waals surface area contributed by atoms with Crippen LogP contribution in [0.25, 0.3) is 0 Å². The predicted octanol–water partition coefficient (Wildman–Crippen LogP) is 3.71. The van der Waals surface area contributed by atoms with Gasteiger partial charge in [0, 0.05) is 25.5 Å². The number of aliphatic hydroxyl groups is 1. The molecule has 0 spiro atoms. The van der Waals surface area contributed by atoms with E-state index in [-0.39, 0.29) is 0 Å². The van der Waals surface area contributed by atoms with Crippen LogP contribution in [0, 0.1) is 13.8 Å². The first-order valence-electron chi connectivity index (χ1n) is 9.00. The van der Waals surface area contributed by atoms with Crippen molar-refractivity contribution in [2.24, 2.45) is 0 Å². The van der Waals surface area contributed by atoms with E-state index in [4.69, 9.17) is 0 Å². The first-order valence-corrected chi connectivity index (χ1v) is 9.00. The molecule has 136 valence electrons. The SMILES string of the molecule is Cc1cc(C)cc(C(O)CN(C)Cc2nccn2Cc2ccccc2)c1. The smallest absolute Gasteiger partial charge is 0.123 e. The van der Waals surface area contributed by atoms with Crippen LogP contribution in [-0.4, -0.2) is 33.1 Å². The minimum atomic E-state index is -0.504. The standard InChI is InChI=1S/C22H27N3O/c1-17-11-18(2)13-20(12-17)21(26)15-24(3)16-22-23-9-10-25(22)14-19-7-5-4-6-8-19/h4-13,21,26H,14-16H2,1-3H3. The molecule has 0 saturated heterocycles. The topological polar surface area (TPSA) is 41.3 Å². The minimum Gasteiger partial charge on any atom is -0.387 e. The summed E-state index contributed by atoms with van der Waals surface area (Å²) >= 11 is 0. The summed E-state index contributed by atoms with van der Waals surface area (Å²) in [5.41, 5.74) is 4.59. The Morgan fingerprint density at radius 1 is 1.08 bits per heavy atom. The molecule has 3 aromatic rings. The molecule has 3 rings (SSSR count). The molecule has 0 amide bonds. The van der Waals surface area contributed by atoms with Crippen molar-refractivity contribution in [3.05, 3.63) is 89.0 Å². The molecule has 1 N–H and O–H groups in total. The van der Waals surface area contributed by atoms with Crippen molar-refractivity contribution in [3.63, 3.8) is 0 Å². The summed E-state index contributed by atoms with van der Waals surface area (Å²) in [5, 5.41) is 10.6. The first-order chi connectivity index (χ1) is 12.5. The fourth-order valence-electron chi connectivity index (χ4n) is 3.32. The Labute approximate surface area is 155 Å². The monoisotopic (exact) mass is 349 g/mol. The molecule has 0 bridgehead atoms. The normalized spacial score (nSPS) is 12.5. The van der Waals surface area contributed by atoms with E-state index in [2.05, 4.69) is 70.8 Å². The highest BCUT2D eigenvalue weighted by Crippen LogP contribution is 2.18. The maximum Gasteiger partial charge on any atom is 0.123 e. The van der Waals surface area contributed by atoms with Crippen LogP contribution in [-0.2, 0) is 13.1 Å². The van der Waals surface area contributed by atoms with Gasteiger partial charge in [-0.3, -0.25) is 4.90 Å². The Morgan fingerprint density at radius 2 is 1.77 bits per heavy atom. The van der Waals surface area contributed by atoms with Gasteiger partial charge in [0.05, 0.1) is 12.6 Å². The molecule has 1 aromatic heterocycles. The number of aryl methyl sites for hydroxylation is 2. The summed E-state index contributed by atoms with van der Waals surface area (Å²) in [4.78, 5) is 6.62. The van der Waals surface area contributed by atoms with Gasteiger partial charge in [0.25, 0.3) is 0 Å². The lowest BCUT2D eigenvalue weighted by Crippen LogP contribution is -2.26. The van der Waals surface area contributed by atoms with Crippen molar-refractivity contribution in [2.75, 3.05) is 13.6 Å². The fraction of sp³-hybridized carbons (Fsp3) is 0.318. The van der Waals surface area contributed by atoms with E-state index in [9.17, 15) is 5.11 Å². The van der Waals surface area contributed by atoms with Crippen molar-refractivity contribution in [3.8, 4) is 0 Å². The molecule has 4 heteroatoms. The van der Waals surface area contributed by atoms with Crippen molar-refractivity contribution >= 4 is 0 Å². The van der Waals surface area contributed by atoms with E-state index in [1.54, 1.807) is 0 Å². The second-order valence-electron chi connectivity index (χ2n) is 7.09. The third kappa shape index (κ3) is 4.81. The number of imidazole rings is 1. The second-order valence-corrected chi connectivity index (χ2v) is 7.09. The summed E-state index contributed by atoms with van der Waals surface area (Å²) < 4.78 is 2.16. The summed E-state index contributed by atoms with van der Waals surface area (Å²) in [6.45, 7) is 6.20. The van der Waals surface area contributed by atoms with Crippen LogP contribution < -0.4 is 0 Å². The molecule has 26 heavy (non-hydrogen) atoms. The largest absolute Gasteiger partial charge is 0.387 e. The number of benzene rings is 2. The molecule has 2 aromatic carbocycles. The highest BCUT2D eigenvalue weighted by molar-refractivity contribution is 5.30. The van der Waals surface area contributed by atoms with E-state index in [1.165, 1.54) is 16.7 Å². The maximum atomic E-state index is 10.6. The third-order valence-corrected chi connectivity index (χ3v) is 4.52. The van der Waals surface area contributed by atoms with Crippen molar-refractivity contribution < 1.29 is 5.11 Å². The number of nitrogens with zero attached hydrogens (tertiary/aromatic N) is 3. The number of aliphatic hydroxyl groups excluding tert-OH is 1. The summed E-state index contributed by atoms with van der Waals surface area (Å²) in [7, 11) is 2.02. The molecular formula is C22H27N3O. The molecule has 0 aliphatic carbocycles. The van der Waals surface area contributed by atoms with E-state index in [1.807, 2.05) is 25.5 Å². The van der Waals surface area contributed by atoms with Crippen molar-refractivity contribution in [2.45, 2.75) is 33.0 Å². The molecule has 0 radical (unpaired) electrons. The highest BCUT2D eigenvalue weighted by Gasteiger charge is 2.14. The van der Waals surface area contributed by atoms with E-state index in [0.29, 0.717) is 13.1 Å². The molecule has 0 fully saturated rings. The van der Waals surface area contributed by atoms with Gasteiger partial charge in [0.15, 0.2) is 0 Å². The predicted molar refractivity (Wildman–Crippen MR) is 105 cm³/mol. The lowest BCUT2D eigenvalue weighted by Gasteiger charge is -2.21. The minimum absolute atomic E-state index is 0.504. The average Bonchev–Trinajstić information content (AvgIpc) is 3.01. The zero-order valence-corrected chi connectivity index (χ0v) is 15.8. The Morgan fingerprint density at radius 3 is 2.46 bits per heavy atom. The molecule has 4 nitrogen and oxygen atoms in total. The lowest BCUT2D eigenvalue weighted by molar-refractivity contribution is 0.122. The molecule has 0 aliphatic rings. The van der Waals surface area contributed by atoms with Gasteiger partial charge < -0.3 is 9.67 Å². The number of likely N-dealkylation sites (N-methyl/N-ethyl adjacent to an activating group) is 1. The van der Waals surface area contributed by atoms with Gasteiger partial charge in [-0.2, -0.15) is 0 Å². The Kier molecular flexibility index (Phi) is 5.86. The van der Waals surface area contributed by atoms with Gasteiger partial charge in [0.1, 0.15) is 5.82 Å². The number of aromatic nitrogens is 2. The van der Waals surface area contributed by atoms with Crippen molar-refractivity contribution in [1.82, 2.24) is 14.5 Å². The second kappa shape index (κ2) is 8.30. The van der Waals surface area contributed by atoms with E-state index >= 15 is 0 Å². The Balaban J connectivity index is 1.63. The van der Waals surface area contributed by atoms with Gasteiger partial charge in [-0.25, -0.2) is 4.98 Å². The van der Waals surface area contributed by atoms with E-state index in [0.717, 1.165) is 17.9 Å². The summed E-state index contributed by atoms with van der Waals surface area (Å²) in [6.07, 6.45) is 3.35. The molecule has 1 atom stereocenters. The average molecular weight is 349 g/mol. The van der Waals surface area contributed by atoms with Gasteiger partial charge >= 0.3 is 0 Å². The Hall–Kier alpha value is -2.43. The van der Waals surface area contributed by atoms with Gasteiger partial charge in [0.2, 0.25) is 0 Å². The van der Waals surface area contributed by atoms with Gasteiger partial charge in [-0.1, -0.05) is 59.7 Å².